The zero-order chi connectivity index (χ0) is 17.1. The molecule has 2 fully saturated rings. The Labute approximate surface area is 141 Å². The normalized spacial score (nSPS) is 23.7. The molecule has 0 bridgehead atoms. The van der Waals surface area contributed by atoms with Crippen LogP contribution in [0.5, 0.6) is 0 Å². The molecule has 8 nitrogen and oxygen atoms in total. The average Bonchev–Trinajstić information content (AvgIpc) is 3.18. The van der Waals surface area contributed by atoms with E-state index >= 15 is 0 Å². The summed E-state index contributed by atoms with van der Waals surface area (Å²) in [7, 11) is 1.61. The number of carbonyl (C=O) groups is 2. The van der Waals surface area contributed by atoms with E-state index < -0.39 is 0 Å². The molecule has 0 spiro atoms. The van der Waals surface area contributed by atoms with Crippen molar-refractivity contribution in [3.8, 4) is 0 Å². The number of ether oxygens (including phenoxy) is 2. The first kappa shape index (κ1) is 16.9. The molecule has 0 aliphatic carbocycles. The number of carbonyl (C=O) groups excluding carboxylic acids is 2. The number of hydrogen-bond acceptors (Lipinski definition) is 5. The summed E-state index contributed by atoms with van der Waals surface area (Å²) in [6.45, 7) is 4.66. The lowest BCUT2D eigenvalue weighted by atomic mass is 10.1. The van der Waals surface area contributed by atoms with Crippen LogP contribution in [0.2, 0.25) is 0 Å². The van der Waals surface area contributed by atoms with E-state index in [0.29, 0.717) is 39.2 Å². The standard InChI is InChI=1S/C16H24N4O4/c1-12-3-5-19(17-12)6-4-15(21)18-9-13-14(10-18)24-11-16(22)20(13)7-8-23-2/h3,5,13-14H,4,6-11H2,1-2H3/t13-,14-/m0/s1. The maximum atomic E-state index is 12.5. The van der Waals surface area contributed by atoms with Gasteiger partial charge in [0.25, 0.3) is 0 Å². The molecule has 1 aromatic heterocycles. The summed E-state index contributed by atoms with van der Waals surface area (Å²) < 4.78 is 12.5. The number of fused-ring (bicyclic) bond motifs is 1. The van der Waals surface area contributed by atoms with Crippen LogP contribution in [0.3, 0.4) is 0 Å². The summed E-state index contributed by atoms with van der Waals surface area (Å²) in [6.07, 6.45) is 2.17. The van der Waals surface area contributed by atoms with Crippen molar-refractivity contribution in [2.45, 2.75) is 32.0 Å². The lowest BCUT2D eigenvalue weighted by Crippen LogP contribution is -2.54. The third kappa shape index (κ3) is 3.59. The first-order valence-corrected chi connectivity index (χ1v) is 8.26. The van der Waals surface area contributed by atoms with Crippen molar-refractivity contribution in [1.29, 1.82) is 0 Å². The molecule has 2 atom stereocenters. The molecular formula is C16H24N4O4. The fourth-order valence-electron chi connectivity index (χ4n) is 3.31. The van der Waals surface area contributed by atoms with Crippen molar-refractivity contribution in [3.63, 3.8) is 0 Å². The predicted octanol–water partition coefficient (Wildman–Crippen LogP) is -0.334. The Kier molecular flexibility index (Phi) is 5.15. The molecule has 0 radical (unpaired) electrons. The van der Waals surface area contributed by atoms with E-state index in [4.69, 9.17) is 9.47 Å². The topological polar surface area (TPSA) is 76.9 Å². The maximum absolute atomic E-state index is 12.5. The number of hydrogen-bond donors (Lipinski definition) is 0. The van der Waals surface area contributed by atoms with Gasteiger partial charge in [-0.3, -0.25) is 14.3 Å². The van der Waals surface area contributed by atoms with Gasteiger partial charge < -0.3 is 19.3 Å². The minimum Gasteiger partial charge on any atom is -0.383 e. The fourth-order valence-corrected chi connectivity index (χ4v) is 3.31. The van der Waals surface area contributed by atoms with E-state index in [1.165, 1.54) is 0 Å². The van der Waals surface area contributed by atoms with Gasteiger partial charge in [-0.05, 0) is 13.0 Å². The van der Waals surface area contributed by atoms with Crippen molar-refractivity contribution in [1.82, 2.24) is 19.6 Å². The number of likely N-dealkylation sites (tertiary alicyclic amines) is 1. The van der Waals surface area contributed by atoms with E-state index in [1.807, 2.05) is 19.2 Å². The van der Waals surface area contributed by atoms with Crippen LogP contribution in [-0.4, -0.2) is 83.5 Å². The average molecular weight is 336 g/mol. The SMILES string of the molecule is COCCN1C(=O)CO[C@H]2CN(C(=O)CCn3ccc(C)n3)C[C@@H]21. The molecule has 3 rings (SSSR count). The van der Waals surface area contributed by atoms with Crippen LogP contribution >= 0.6 is 0 Å². The summed E-state index contributed by atoms with van der Waals surface area (Å²) in [4.78, 5) is 28.1. The predicted molar refractivity (Wildman–Crippen MR) is 85.3 cm³/mol. The smallest absolute Gasteiger partial charge is 0.249 e. The molecule has 2 aliphatic heterocycles. The quantitative estimate of drug-likeness (QED) is 0.711. The van der Waals surface area contributed by atoms with Gasteiger partial charge >= 0.3 is 0 Å². The molecule has 2 amide bonds. The summed E-state index contributed by atoms with van der Waals surface area (Å²) in [5.41, 5.74) is 0.940. The lowest BCUT2D eigenvalue weighted by molar-refractivity contribution is -0.153. The minimum atomic E-state index is -0.101. The number of morpholine rings is 1. The largest absolute Gasteiger partial charge is 0.383 e. The second kappa shape index (κ2) is 7.31. The van der Waals surface area contributed by atoms with Crippen LogP contribution in [-0.2, 0) is 25.6 Å². The second-order valence-electron chi connectivity index (χ2n) is 6.27. The number of nitrogens with zero attached hydrogens (tertiary/aromatic N) is 4. The number of aromatic nitrogens is 2. The third-order valence-corrected chi connectivity index (χ3v) is 4.60. The van der Waals surface area contributed by atoms with Gasteiger partial charge in [-0.25, -0.2) is 0 Å². The van der Waals surface area contributed by atoms with Crippen molar-refractivity contribution < 1.29 is 19.1 Å². The van der Waals surface area contributed by atoms with Gasteiger partial charge in [0.1, 0.15) is 6.61 Å². The molecule has 0 unspecified atom stereocenters. The zero-order valence-corrected chi connectivity index (χ0v) is 14.2. The molecule has 0 N–H and O–H groups in total. The van der Waals surface area contributed by atoms with E-state index in [9.17, 15) is 9.59 Å². The molecule has 1 aromatic rings. The number of aryl methyl sites for hydroxylation is 2. The molecule has 0 saturated carbocycles. The molecular weight excluding hydrogens is 312 g/mol. The molecule has 24 heavy (non-hydrogen) atoms. The monoisotopic (exact) mass is 336 g/mol. The van der Waals surface area contributed by atoms with Crippen LogP contribution in [0.4, 0.5) is 0 Å². The Morgan fingerprint density at radius 2 is 2.25 bits per heavy atom. The zero-order valence-electron chi connectivity index (χ0n) is 14.2. The van der Waals surface area contributed by atoms with E-state index in [-0.39, 0.29) is 30.6 Å². The van der Waals surface area contributed by atoms with Gasteiger partial charge in [-0.2, -0.15) is 5.10 Å². The third-order valence-electron chi connectivity index (χ3n) is 4.60. The van der Waals surface area contributed by atoms with Crippen LogP contribution < -0.4 is 0 Å². The van der Waals surface area contributed by atoms with Crippen molar-refractivity contribution >= 4 is 11.8 Å². The first-order chi connectivity index (χ1) is 11.6. The van der Waals surface area contributed by atoms with Gasteiger partial charge in [0, 0.05) is 45.9 Å². The van der Waals surface area contributed by atoms with Crippen LogP contribution in [0.15, 0.2) is 12.3 Å². The number of rotatable bonds is 6. The van der Waals surface area contributed by atoms with Gasteiger partial charge in [-0.1, -0.05) is 0 Å². The van der Waals surface area contributed by atoms with Crippen molar-refractivity contribution in [2.75, 3.05) is 40.0 Å². The second-order valence-corrected chi connectivity index (χ2v) is 6.27. The Morgan fingerprint density at radius 3 is 2.96 bits per heavy atom. The molecule has 2 aliphatic rings. The van der Waals surface area contributed by atoms with Gasteiger partial charge in [0.15, 0.2) is 0 Å². The van der Waals surface area contributed by atoms with Gasteiger partial charge in [-0.15, -0.1) is 0 Å². The van der Waals surface area contributed by atoms with Gasteiger partial charge in [0.2, 0.25) is 11.8 Å². The highest BCUT2D eigenvalue weighted by Gasteiger charge is 2.44. The highest BCUT2D eigenvalue weighted by Crippen LogP contribution is 2.24. The Hall–Kier alpha value is -1.93. The highest BCUT2D eigenvalue weighted by atomic mass is 16.5. The summed E-state index contributed by atoms with van der Waals surface area (Å²) in [5.74, 6) is 0.0370. The van der Waals surface area contributed by atoms with Crippen LogP contribution in [0.25, 0.3) is 0 Å². The summed E-state index contributed by atoms with van der Waals surface area (Å²) in [5, 5.41) is 4.29. The van der Waals surface area contributed by atoms with Crippen LogP contribution in [0.1, 0.15) is 12.1 Å². The Bertz CT molecular complexity index is 603. The van der Waals surface area contributed by atoms with Crippen molar-refractivity contribution in [2.24, 2.45) is 0 Å². The lowest BCUT2D eigenvalue weighted by Gasteiger charge is -2.36. The molecule has 0 aromatic carbocycles. The number of amides is 2. The summed E-state index contributed by atoms with van der Waals surface area (Å²) in [6, 6.07) is 1.85. The molecule has 2 saturated heterocycles. The first-order valence-electron chi connectivity index (χ1n) is 8.26. The molecule has 3 heterocycles. The fraction of sp³-hybridized carbons (Fsp3) is 0.688. The molecule has 132 valence electrons. The van der Waals surface area contributed by atoms with Crippen molar-refractivity contribution in [3.05, 3.63) is 18.0 Å². The maximum Gasteiger partial charge on any atom is 0.249 e. The Balaban J connectivity index is 1.56. The highest BCUT2D eigenvalue weighted by molar-refractivity contribution is 5.80. The summed E-state index contributed by atoms with van der Waals surface area (Å²) >= 11 is 0. The Morgan fingerprint density at radius 1 is 1.42 bits per heavy atom. The minimum absolute atomic E-state index is 0.0328. The van der Waals surface area contributed by atoms with Gasteiger partial charge in [0.05, 0.1) is 24.4 Å². The van der Waals surface area contributed by atoms with Crippen LogP contribution in [0, 0.1) is 6.92 Å². The number of methoxy groups -OCH3 is 1. The van der Waals surface area contributed by atoms with E-state index in [0.717, 1.165) is 5.69 Å². The van der Waals surface area contributed by atoms with E-state index in [1.54, 1.807) is 21.6 Å². The van der Waals surface area contributed by atoms with E-state index in [2.05, 4.69) is 5.10 Å². The molecule has 8 heteroatoms.